The SMILES string of the molecule is O=C(O)CCCn1cc(NC(=O)c2ccc(Cl)c(Cl)c2)cn1. The van der Waals surface area contributed by atoms with Crippen molar-refractivity contribution in [1.82, 2.24) is 9.78 Å². The van der Waals surface area contributed by atoms with Gasteiger partial charge in [-0.2, -0.15) is 5.10 Å². The first kappa shape index (κ1) is 16.3. The molecule has 0 aliphatic rings. The number of hydrogen-bond donors (Lipinski definition) is 2. The van der Waals surface area contributed by atoms with Crippen LogP contribution in [0.2, 0.25) is 10.0 Å². The Morgan fingerprint density at radius 2 is 2.05 bits per heavy atom. The van der Waals surface area contributed by atoms with Crippen molar-refractivity contribution in [3.8, 4) is 0 Å². The van der Waals surface area contributed by atoms with Crippen LogP contribution in [0.25, 0.3) is 0 Å². The molecule has 0 saturated carbocycles. The number of hydrogen-bond acceptors (Lipinski definition) is 3. The fourth-order valence-electron chi connectivity index (χ4n) is 1.78. The van der Waals surface area contributed by atoms with Gasteiger partial charge in [0, 0.05) is 24.7 Å². The number of carbonyl (C=O) groups excluding carboxylic acids is 1. The fourth-order valence-corrected chi connectivity index (χ4v) is 2.08. The van der Waals surface area contributed by atoms with Crippen molar-refractivity contribution >= 4 is 40.8 Å². The number of aryl methyl sites for hydroxylation is 1. The van der Waals surface area contributed by atoms with Gasteiger partial charge in [0.1, 0.15) is 0 Å². The summed E-state index contributed by atoms with van der Waals surface area (Å²) in [5, 5.41) is 16.0. The molecule has 0 unspecified atom stereocenters. The molecule has 0 aliphatic carbocycles. The molecule has 8 heteroatoms. The van der Waals surface area contributed by atoms with E-state index >= 15 is 0 Å². The van der Waals surface area contributed by atoms with Crippen LogP contribution in [-0.2, 0) is 11.3 Å². The van der Waals surface area contributed by atoms with E-state index in [0.717, 1.165) is 0 Å². The normalized spacial score (nSPS) is 10.5. The number of anilines is 1. The molecule has 0 atom stereocenters. The van der Waals surface area contributed by atoms with Crippen LogP contribution in [0.1, 0.15) is 23.2 Å². The number of amides is 1. The maximum absolute atomic E-state index is 12.1. The predicted octanol–water partition coefficient (Wildman–Crippen LogP) is 3.31. The number of carbonyl (C=O) groups is 2. The highest BCUT2D eigenvalue weighted by atomic mass is 35.5. The van der Waals surface area contributed by atoms with Gasteiger partial charge in [-0.3, -0.25) is 14.3 Å². The van der Waals surface area contributed by atoms with E-state index in [2.05, 4.69) is 10.4 Å². The third-order valence-corrected chi connectivity index (χ3v) is 3.59. The van der Waals surface area contributed by atoms with E-state index in [1.165, 1.54) is 12.3 Å². The monoisotopic (exact) mass is 341 g/mol. The van der Waals surface area contributed by atoms with Crippen LogP contribution in [0.3, 0.4) is 0 Å². The topological polar surface area (TPSA) is 84.2 Å². The summed E-state index contributed by atoms with van der Waals surface area (Å²) in [7, 11) is 0. The van der Waals surface area contributed by atoms with Gasteiger partial charge in [0.05, 0.1) is 21.9 Å². The molecule has 1 aromatic carbocycles. The van der Waals surface area contributed by atoms with Crippen molar-refractivity contribution in [3.05, 3.63) is 46.2 Å². The van der Waals surface area contributed by atoms with Crippen molar-refractivity contribution in [3.63, 3.8) is 0 Å². The van der Waals surface area contributed by atoms with E-state index in [9.17, 15) is 9.59 Å². The Hall–Kier alpha value is -2.05. The summed E-state index contributed by atoms with van der Waals surface area (Å²) in [4.78, 5) is 22.5. The molecule has 0 saturated heterocycles. The zero-order valence-electron chi connectivity index (χ0n) is 11.4. The minimum absolute atomic E-state index is 0.0742. The minimum atomic E-state index is -0.847. The van der Waals surface area contributed by atoms with Gasteiger partial charge in [-0.25, -0.2) is 0 Å². The van der Waals surface area contributed by atoms with Crippen LogP contribution in [0.4, 0.5) is 5.69 Å². The lowest BCUT2D eigenvalue weighted by Crippen LogP contribution is -2.11. The van der Waals surface area contributed by atoms with Gasteiger partial charge in [-0.05, 0) is 24.6 Å². The number of halogens is 2. The highest BCUT2D eigenvalue weighted by molar-refractivity contribution is 6.42. The molecule has 0 aliphatic heterocycles. The highest BCUT2D eigenvalue weighted by Crippen LogP contribution is 2.23. The summed E-state index contributed by atoms with van der Waals surface area (Å²) in [5.74, 6) is -1.18. The zero-order chi connectivity index (χ0) is 16.1. The Labute approximate surface area is 136 Å². The maximum atomic E-state index is 12.1. The molecular weight excluding hydrogens is 329 g/mol. The average molecular weight is 342 g/mol. The largest absolute Gasteiger partial charge is 0.481 e. The summed E-state index contributed by atoms with van der Waals surface area (Å²) in [5.41, 5.74) is 0.902. The molecule has 116 valence electrons. The van der Waals surface area contributed by atoms with Gasteiger partial charge < -0.3 is 10.4 Å². The summed E-state index contributed by atoms with van der Waals surface area (Å²) >= 11 is 11.7. The quantitative estimate of drug-likeness (QED) is 0.844. The van der Waals surface area contributed by atoms with Crippen LogP contribution in [0, 0.1) is 0 Å². The number of carboxylic acid groups (broad SMARTS) is 1. The predicted molar refractivity (Wildman–Crippen MR) is 83.5 cm³/mol. The van der Waals surface area contributed by atoms with Crippen molar-refractivity contribution in [2.75, 3.05) is 5.32 Å². The number of nitrogens with zero attached hydrogens (tertiary/aromatic N) is 2. The van der Waals surface area contributed by atoms with Gasteiger partial charge in [0.25, 0.3) is 5.91 Å². The lowest BCUT2D eigenvalue weighted by atomic mass is 10.2. The number of rotatable bonds is 6. The van der Waals surface area contributed by atoms with Crippen LogP contribution < -0.4 is 5.32 Å². The van der Waals surface area contributed by atoms with Crippen molar-refractivity contribution < 1.29 is 14.7 Å². The number of aromatic nitrogens is 2. The number of benzene rings is 1. The van der Waals surface area contributed by atoms with Crippen LogP contribution >= 0.6 is 23.2 Å². The van der Waals surface area contributed by atoms with Crippen molar-refractivity contribution in [2.24, 2.45) is 0 Å². The highest BCUT2D eigenvalue weighted by Gasteiger charge is 2.09. The third kappa shape index (κ3) is 4.47. The Balaban J connectivity index is 1.95. The molecule has 6 nitrogen and oxygen atoms in total. The Morgan fingerprint density at radius 1 is 1.27 bits per heavy atom. The first-order chi connectivity index (χ1) is 10.5. The van der Waals surface area contributed by atoms with E-state index in [0.29, 0.717) is 34.3 Å². The second-order valence-corrected chi connectivity index (χ2v) is 5.39. The van der Waals surface area contributed by atoms with Crippen LogP contribution in [0.15, 0.2) is 30.6 Å². The lowest BCUT2D eigenvalue weighted by molar-refractivity contribution is -0.137. The van der Waals surface area contributed by atoms with E-state index < -0.39 is 5.97 Å². The molecule has 0 radical (unpaired) electrons. The summed E-state index contributed by atoms with van der Waals surface area (Å²) in [6.07, 6.45) is 3.68. The van der Waals surface area contributed by atoms with Gasteiger partial charge >= 0.3 is 5.97 Å². The molecule has 2 aromatic rings. The van der Waals surface area contributed by atoms with Crippen molar-refractivity contribution in [2.45, 2.75) is 19.4 Å². The number of nitrogens with one attached hydrogen (secondary N) is 1. The molecule has 1 heterocycles. The van der Waals surface area contributed by atoms with Crippen molar-refractivity contribution in [1.29, 1.82) is 0 Å². The smallest absolute Gasteiger partial charge is 0.303 e. The zero-order valence-corrected chi connectivity index (χ0v) is 12.9. The van der Waals surface area contributed by atoms with Crippen LogP contribution in [-0.4, -0.2) is 26.8 Å². The summed E-state index contributed by atoms with van der Waals surface area (Å²) in [6, 6.07) is 4.60. The summed E-state index contributed by atoms with van der Waals surface area (Å²) in [6.45, 7) is 0.467. The number of carboxylic acids is 1. The van der Waals surface area contributed by atoms with E-state index in [1.807, 2.05) is 0 Å². The summed E-state index contributed by atoms with van der Waals surface area (Å²) < 4.78 is 1.58. The molecule has 22 heavy (non-hydrogen) atoms. The average Bonchev–Trinajstić information content (AvgIpc) is 2.89. The molecule has 1 amide bonds. The van der Waals surface area contributed by atoms with E-state index in [-0.39, 0.29) is 12.3 Å². The Kier molecular flexibility index (Phi) is 5.41. The first-order valence-corrected chi connectivity index (χ1v) is 7.22. The van der Waals surface area contributed by atoms with Gasteiger partial charge in [-0.15, -0.1) is 0 Å². The van der Waals surface area contributed by atoms with E-state index in [4.69, 9.17) is 28.3 Å². The standard InChI is InChI=1S/C14H13Cl2N3O3/c15-11-4-3-9(6-12(11)16)14(22)18-10-7-17-19(8-10)5-1-2-13(20)21/h3-4,6-8H,1-2,5H2,(H,18,22)(H,20,21). The lowest BCUT2D eigenvalue weighted by Gasteiger charge is -2.04. The molecule has 1 aromatic heterocycles. The molecule has 0 spiro atoms. The van der Waals surface area contributed by atoms with Gasteiger partial charge in [0.15, 0.2) is 0 Å². The second kappa shape index (κ2) is 7.29. The van der Waals surface area contributed by atoms with Crippen LogP contribution in [0.5, 0.6) is 0 Å². The third-order valence-electron chi connectivity index (χ3n) is 2.85. The van der Waals surface area contributed by atoms with Gasteiger partial charge in [-0.1, -0.05) is 23.2 Å². The number of aliphatic carboxylic acids is 1. The molecule has 0 fully saturated rings. The molecule has 2 rings (SSSR count). The Morgan fingerprint density at radius 3 is 2.73 bits per heavy atom. The maximum Gasteiger partial charge on any atom is 0.303 e. The first-order valence-electron chi connectivity index (χ1n) is 6.46. The minimum Gasteiger partial charge on any atom is -0.481 e. The van der Waals surface area contributed by atoms with E-state index in [1.54, 1.807) is 23.0 Å². The Bertz CT molecular complexity index is 700. The molecule has 2 N–H and O–H groups in total. The molecular formula is C14H13Cl2N3O3. The molecule has 0 bridgehead atoms. The van der Waals surface area contributed by atoms with Gasteiger partial charge in [0.2, 0.25) is 0 Å². The fraction of sp³-hybridized carbons (Fsp3) is 0.214. The second-order valence-electron chi connectivity index (χ2n) is 4.57.